The molecule has 6 rings (SSSR count). The van der Waals surface area contributed by atoms with Gasteiger partial charge in [-0.2, -0.15) is 0 Å². The molecule has 13 heteroatoms. The van der Waals surface area contributed by atoms with Crippen molar-refractivity contribution in [2.24, 2.45) is 5.41 Å². The van der Waals surface area contributed by atoms with Crippen LogP contribution in [-0.4, -0.2) is 57.0 Å². The van der Waals surface area contributed by atoms with Crippen LogP contribution >= 0.6 is 11.3 Å². The minimum Gasteiger partial charge on any atom is -0.355 e. The highest BCUT2D eigenvalue weighted by Gasteiger charge is 2.41. The Balaban J connectivity index is 1.06. The first-order chi connectivity index (χ1) is 21.8. The molecule has 234 valence electrons. The van der Waals surface area contributed by atoms with Crippen LogP contribution in [0.5, 0.6) is 0 Å². The van der Waals surface area contributed by atoms with E-state index in [1.807, 2.05) is 23.6 Å². The number of anilines is 3. The average molecular weight is 630 g/mol. The van der Waals surface area contributed by atoms with Crippen LogP contribution < -0.4 is 21.3 Å². The fourth-order valence-electron chi connectivity index (χ4n) is 6.49. The summed E-state index contributed by atoms with van der Waals surface area (Å²) in [5, 5.41) is 14.0. The first-order valence-electron chi connectivity index (χ1n) is 15.3. The Kier molecular flexibility index (Phi) is 8.87. The number of fused-ring (bicyclic) bond motifs is 1. The van der Waals surface area contributed by atoms with Crippen molar-refractivity contribution in [1.82, 2.24) is 25.5 Å². The predicted octanol–water partition coefficient (Wildman–Crippen LogP) is 3.68. The molecule has 1 atom stereocenters. The van der Waals surface area contributed by atoms with Crippen LogP contribution in [-0.2, 0) is 32.1 Å². The number of nitrogens with zero attached hydrogens (tertiary/aromatic N) is 3. The number of aromatic nitrogens is 2. The minimum atomic E-state index is -0.736. The van der Waals surface area contributed by atoms with E-state index in [0.717, 1.165) is 42.9 Å². The Morgan fingerprint density at radius 1 is 1.07 bits per heavy atom. The summed E-state index contributed by atoms with van der Waals surface area (Å²) in [7, 11) is 0. The van der Waals surface area contributed by atoms with E-state index in [0.29, 0.717) is 29.1 Å². The minimum absolute atomic E-state index is 0.0573. The molecule has 12 nitrogen and oxygen atoms in total. The molecule has 4 N–H and O–H groups in total. The van der Waals surface area contributed by atoms with Gasteiger partial charge in [0.25, 0.3) is 5.91 Å². The van der Waals surface area contributed by atoms with Crippen molar-refractivity contribution in [3.8, 4) is 0 Å². The summed E-state index contributed by atoms with van der Waals surface area (Å²) in [6, 6.07) is 10.1. The molecular weight excluding hydrogens is 594 g/mol. The van der Waals surface area contributed by atoms with Gasteiger partial charge in [0.1, 0.15) is 11.9 Å². The maximum Gasteiger partial charge on any atom is 0.255 e. The Labute approximate surface area is 264 Å². The van der Waals surface area contributed by atoms with Crippen molar-refractivity contribution in [2.75, 3.05) is 17.2 Å². The predicted molar refractivity (Wildman–Crippen MR) is 168 cm³/mol. The summed E-state index contributed by atoms with van der Waals surface area (Å²) in [4.78, 5) is 74.1. The summed E-state index contributed by atoms with van der Waals surface area (Å²) in [6.07, 6.45) is 7.23. The van der Waals surface area contributed by atoms with E-state index in [2.05, 4.69) is 26.3 Å². The van der Waals surface area contributed by atoms with E-state index < -0.39 is 17.4 Å². The second-order valence-corrected chi connectivity index (χ2v) is 12.7. The van der Waals surface area contributed by atoms with Crippen LogP contribution in [0.2, 0.25) is 0 Å². The maximum atomic E-state index is 13.6. The van der Waals surface area contributed by atoms with Gasteiger partial charge < -0.3 is 20.9 Å². The van der Waals surface area contributed by atoms with Gasteiger partial charge >= 0.3 is 0 Å². The van der Waals surface area contributed by atoms with Crippen molar-refractivity contribution in [1.29, 1.82) is 0 Å². The SMILES string of the molecule is O=C1CCC(N2Cc3c(NC(=O)CCNC(=O)C4(Cc5cccc(Nc6nccs6)n5)CCCCC4)cccc3C2=O)C(=O)N1. The van der Waals surface area contributed by atoms with Gasteiger partial charge in [-0.15, -0.1) is 11.3 Å². The molecular formula is C32H35N7O5S. The highest BCUT2D eigenvalue weighted by atomic mass is 32.1. The van der Waals surface area contributed by atoms with Crippen molar-refractivity contribution < 1.29 is 24.0 Å². The zero-order valence-electron chi connectivity index (χ0n) is 24.8. The molecule has 0 spiro atoms. The largest absolute Gasteiger partial charge is 0.355 e. The highest BCUT2D eigenvalue weighted by molar-refractivity contribution is 7.13. The van der Waals surface area contributed by atoms with Gasteiger partial charge in [-0.05, 0) is 43.5 Å². The number of carbonyl (C=O) groups is 5. The first-order valence-corrected chi connectivity index (χ1v) is 16.2. The lowest BCUT2D eigenvalue weighted by molar-refractivity contribution is -0.137. The summed E-state index contributed by atoms with van der Waals surface area (Å²) < 4.78 is 0. The van der Waals surface area contributed by atoms with Gasteiger partial charge in [0, 0.05) is 66.4 Å². The topological polar surface area (TPSA) is 162 Å². The standard InChI is InChI=1S/C32H35N7O5S/c40-26-11-10-24(28(42)38-26)39-19-22-21(29(39)43)7-5-8-23(22)36-27(41)12-15-33-30(44)32(13-2-1-3-14-32)18-20-6-4-9-25(35-20)37-31-34-16-17-45-31/h4-9,16-17,24H,1-3,10-15,18-19H2,(H,33,44)(H,36,41)(H,34,35,37)(H,38,40,42). The second kappa shape index (κ2) is 13.1. The number of benzene rings is 1. The summed E-state index contributed by atoms with van der Waals surface area (Å²) in [6.45, 7) is 0.326. The van der Waals surface area contributed by atoms with Gasteiger partial charge in [-0.25, -0.2) is 9.97 Å². The van der Waals surface area contributed by atoms with Crippen LogP contribution in [0.25, 0.3) is 0 Å². The van der Waals surface area contributed by atoms with E-state index in [1.165, 1.54) is 16.2 Å². The monoisotopic (exact) mass is 629 g/mol. The maximum absolute atomic E-state index is 13.6. The van der Waals surface area contributed by atoms with Gasteiger partial charge in [-0.3, -0.25) is 29.3 Å². The molecule has 2 aliphatic heterocycles. The molecule has 3 aromatic rings. The molecule has 1 saturated heterocycles. The number of piperidine rings is 1. The van der Waals surface area contributed by atoms with Crippen molar-refractivity contribution in [2.45, 2.75) is 70.4 Å². The average Bonchev–Trinajstić information content (AvgIpc) is 3.66. The zero-order chi connectivity index (χ0) is 31.4. The van der Waals surface area contributed by atoms with Crippen LogP contribution in [0.1, 0.15) is 73.0 Å². The lowest BCUT2D eigenvalue weighted by Crippen LogP contribution is -2.52. The highest BCUT2D eigenvalue weighted by Crippen LogP contribution is 2.39. The van der Waals surface area contributed by atoms with E-state index in [-0.39, 0.29) is 56.0 Å². The number of hydrogen-bond acceptors (Lipinski definition) is 9. The van der Waals surface area contributed by atoms with Gasteiger partial charge in [-0.1, -0.05) is 31.4 Å². The molecule has 0 bridgehead atoms. The lowest BCUT2D eigenvalue weighted by atomic mass is 9.70. The Hall–Kier alpha value is -4.65. The number of amides is 5. The van der Waals surface area contributed by atoms with E-state index in [4.69, 9.17) is 4.98 Å². The van der Waals surface area contributed by atoms with E-state index in [9.17, 15) is 24.0 Å². The number of hydrogen-bond donors (Lipinski definition) is 4. The summed E-state index contributed by atoms with van der Waals surface area (Å²) >= 11 is 1.49. The van der Waals surface area contributed by atoms with Crippen LogP contribution in [0.3, 0.4) is 0 Å². The number of nitrogens with one attached hydrogen (secondary N) is 4. The molecule has 4 heterocycles. The molecule has 1 aromatic carbocycles. The quantitative estimate of drug-likeness (QED) is 0.247. The lowest BCUT2D eigenvalue weighted by Gasteiger charge is -2.35. The van der Waals surface area contributed by atoms with Crippen LogP contribution in [0.15, 0.2) is 48.0 Å². The second-order valence-electron chi connectivity index (χ2n) is 11.8. The van der Waals surface area contributed by atoms with Gasteiger partial charge in [0.2, 0.25) is 23.6 Å². The third-order valence-corrected chi connectivity index (χ3v) is 9.47. The molecule has 2 fully saturated rings. The number of imide groups is 1. The molecule has 3 aliphatic rings. The molecule has 0 radical (unpaired) electrons. The fraction of sp³-hybridized carbons (Fsp3) is 0.406. The van der Waals surface area contributed by atoms with E-state index >= 15 is 0 Å². The molecule has 1 aliphatic carbocycles. The van der Waals surface area contributed by atoms with Crippen molar-refractivity contribution in [3.05, 3.63) is 64.8 Å². The molecule has 1 unspecified atom stereocenters. The van der Waals surface area contributed by atoms with Crippen LogP contribution in [0.4, 0.5) is 16.6 Å². The Bertz CT molecular complexity index is 1620. The summed E-state index contributed by atoms with van der Waals surface area (Å²) in [5.74, 6) is -0.822. The first kappa shape index (κ1) is 30.4. The molecule has 1 saturated carbocycles. The van der Waals surface area contributed by atoms with Crippen LogP contribution in [0, 0.1) is 5.41 Å². The zero-order valence-corrected chi connectivity index (χ0v) is 25.6. The number of thiazole rings is 1. The van der Waals surface area contributed by atoms with Gasteiger partial charge in [0.15, 0.2) is 5.13 Å². The van der Waals surface area contributed by atoms with Crippen molar-refractivity contribution >= 4 is 57.5 Å². The fourth-order valence-corrected chi connectivity index (χ4v) is 7.03. The molecule has 5 amide bonds. The normalized spacial score (nSPS) is 19.1. The summed E-state index contributed by atoms with van der Waals surface area (Å²) in [5.41, 5.74) is 1.77. The van der Waals surface area contributed by atoms with Crippen molar-refractivity contribution in [3.63, 3.8) is 0 Å². The third-order valence-electron chi connectivity index (χ3n) is 8.78. The van der Waals surface area contributed by atoms with E-state index in [1.54, 1.807) is 24.4 Å². The Morgan fingerprint density at radius 3 is 2.67 bits per heavy atom. The number of rotatable bonds is 10. The smallest absolute Gasteiger partial charge is 0.255 e. The molecule has 2 aromatic heterocycles. The van der Waals surface area contributed by atoms with Gasteiger partial charge in [0.05, 0.1) is 5.41 Å². The number of carbonyl (C=O) groups excluding carboxylic acids is 5. The third kappa shape index (κ3) is 6.72. The molecule has 45 heavy (non-hydrogen) atoms. The Morgan fingerprint density at radius 2 is 1.89 bits per heavy atom. The number of pyridine rings is 1.